The number of hydrogen-bond donors (Lipinski definition) is 0. The number of thiophene rings is 1. The van der Waals surface area contributed by atoms with Crippen LogP contribution in [0.4, 0.5) is 11.4 Å². The summed E-state index contributed by atoms with van der Waals surface area (Å²) >= 11 is 1.53. The molecule has 2 aliphatic heterocycles. The van der Waals surface area contributed by atoms with E-state index in [-0.39, 0.29) is 5.91 Å². The molecule has 3 heterocycles. The van der Waals surface area contributed by atoms with Crippen molar-refractivity contribution in [1.82, 2.24) is 4.90 Å². The first-order chi connectivity index (χ1) is 11.8. The zero-order chi connectivity index (χ0) is 16.4. The van der Waals surface area contributed by atoms with Crippen molar-refractivity contribution >= 4 is 28.6 Å². The van der Waals surface area contributed by atoms with Crippen molar-refractivity contribution in [2.75, 3.05) is 49.1 Å². The molecule has 0 spiro atoms. The van der Waals surface area contributed by atoms with Crippen LogP contribution in [0.5, 0.6) is 0 Å². The van der Waals surface area contributed by atoms with Crippen molar-refractivity contribution in [3.05, 3.63) is 46.7 Å². The van der Waals surface area contributed by atoms with Gasteiger partial charge >= 0.3 is 0 Å². The van der Waals surface area contributed by atoms with Gasteiger partial charge in [-0.2, -0.15) is 0 Å². The predicted molar refractivity (Wildman–Crippen MR) is 100 cm³/mol. The number of nitrogens with zero attached hydrogens (tertiary/aromatic N) is 3. The second-order valence-corrected chi connectivity index (χ2v) is 7.41. The molecule has 126 valence electrons. The molecule has 1 aromatic heterocycles. The van der Waals surface area contributed by atoms with Gasteiger partial charge < -0.3 is 14.7 Å². The van der Waals surface area contributed by atoms with Crippen LogP contribution in [0.15, 0.2) is 41.8 Å². The lowest BCUT2D eigenvalue weighted by molar-refractivity contribution is 0.0751. The first kappa shape index (κ1) is 15.5. The largest absolute Gasteiger partial charge is 0.372 e. The van der Waals surface area contributed by atoms with E-state index in [1.165, 1.54) is 48.6 Å². The molecule has 2 aromatic rings. The number of anilines is 2. The van der Waals surface area contributed by atoms with Gasteiger partial charge in [-0.25, -0.2) is 0 Å². The van der Waals surface area contributed by atoms with Crippen LogP contribution in [0, 0.1) is 0 Å². The van der Waals surface area contributed by atoms with Gasteiger partial charge in [-0.1, -0.05) is 6.07 Å². The summed E-state index contributed by atoms with van der Waals surface area (Å²) < 4.78 is 0. The maximum absolute atomic E-state index is 12.4. The molecule has 2 fully saturated rings. The second-order valence-electron chi connectivity index (χ2n) is 6.47. The molecule has 0 saturated carbocycles. The Balaban J connectivity index is 1.36. The van der Waals surface area contributed by atoms with E-state index in [1.54, 1.807) is 0 Å². The van der Waals surface area contributed by atoms with E-state index in [0.29, 0.717) is 0 Å². The van der Waals surface area contributed by atoms with Gasteiger partial charge in [-0.3, -0.25) is 4.79 Å². The average Bonchev–Trinajstić information content (AvgIpc) is 3.35. The molecule has 0 bridgehead atoms. The van der Waals surface area contributed by atoms with Crippen LogP contribution in [-0.2, 0) is 0 Å². The molecular formula is C19H23N3OS. The molecule has 1 aromatic carbocycles. The van der Waals surface area contributed by atoms with Crippen LogP contribution in [0.2, 0.25) is 0 Å². The second kappa shape index (κ2) is 6.85. The first-order valence-electron chi connectivity index (χ1n) is 8.74. The highest BCUT2D eigenvalue weighted by molar-refractivity contribution is 7.12. The molecule has 2 aliphatic rings. The Kier molecular flexibility index (Phi) is 4.43. The van der Waals surface area contributed by atoms with Crippen LogP contribution in [-0.4, -0.2) is 50.1 Å². The maximum Gasteiger partial charge on any atom is 0.264 e. The number of carbonyl (C=O) groups excluding carboxylic acids is 1. The summed E-state index contributed by atoms with van der Waals surface area (Å²) in [6.45, 7) is 5.77. The smallest absolute Gasteiger partial charge is 0.264 e. The summed E-state index contributed by atoms with van der Waals surface area (Å²) in [5.74, 6) is 0.175. The van der Waals surface area contributed by atoms with Crippen LogP contribution in [0.3, 0.4) is 0 Å². The summed E-state index contributed by atoms with van der Waals surface area (Å²) in [5, 5.41) is 1.96. The lowest BCUT2D eigenvalue weighted by atomic mass is 10.2. The highest BCUT2D eigenvalue weighted by atomic mass is 32.1. The molecule has 4 nitrogen and oxygen atoms in total. The van der Waals surface area contributed by atoms with E-state index in [9.17, 15) is 4.79 Å². The minimum Gasteiger partial charge on any atom is -0.372 e. The van der Waals surface area contributed by atoms with Gasteiger partial charge in [0, 0.05) is 50.6 Å². The Hall–Kier alpha value is -2.01. The SMILES string of the molecule is O=C(c1cccs1)N1CCN(c2ccc(N3CCCC3)cc2)CC1. The van der Waals surface area contributed by atoms with E-state index in [2.05, 4.69) is 34.1 Å². The molecule has 0 N–H and O–H groups in total. The quantitative estimate of drug-likeness (QED) is 0.857. The third-order valence-electron chi connectivity index (χ3n) is 4.98. The third kappa shape index (κ3) is 3.13. The van der Waals surface area contributed by atoms with Crippen molar-refractivity contribution in [3.63, 3.8) is 0 Å². The number of carbonyl (C=O) groups is 1. The molecule has 0 unspecified atom stereocenters. The van der Waals surface area contributed by atoms with Gasteiger partial charge in [0.2, 0.25) is 0 Å². The molecule has 1 amide bonds. The minimum absolute atomic E-state index is 0.175. The predicted octanol–water partition coefficient (Wildman–Crippen LogP) is 3.31. The third-order valence-corrected chi connectivity index (χ3v) is 5.84. The molecule has 4 rings (SSSR count). The van der Waals surface area contributed by atoms with E-state index in [1.807, 2.05) is 22.4 Å². The summed E-state index contributed by atoms with van der Waals surface area (Å²) in [4.78, 5) is 20.1. The topological polar surface area (TPSA) is 26.8 Å². The fourth-order valence-electron chi connectivity index (χ4n) is 3.57. The Labute approximate surface area is 147 Å². The molecule has 0 aliphatic carbocycles. The Morgan fingerprint density at radius 3 is 1.92 bits per heavy atom. The Morgan fingerprint density at radius 1 is 0.792 bits per heavy atom. The molecular weight excluding hydrogens is 318 g/mol. The fraction of sp³-hybridized carbons (Fsp3) is 0.421. The van der Waals surface area contributed by atoms with E-state index < -0.39 is 0 Å². The molecule has 24 heavy (non-hydrogen) atoms. The van der Waals surface area contributed by atoms with Crippen molar-refractivity contribution < 1.29 is 4.79 Å². The van der Waals surface area contributed by atoms with Gasteiger partial charge in [-0.15, -0.1) is 11.3 Å². The summed E-state index contributed by atoms with van der Waals surface area (Å²) in [5.41, 5.74) is 2.60. The molecule has 2 saturated heterocycles. The van der Waals surface area contributed by atoms with Gasteiger partial charge in [0.05, 0.1) is 4.88 Å². The fourth-order valence-corrected chi connectivity index (χ4v) is 4.26. The number of amides is 1. The monoisotopic (exact) mass is 341 g/mol. The number of piperazine rings is 1. The lowest BCUT2D eigenvalue weighted by Gasteiger charge is -2.36. The van der Waals surface area contributed by atoms with Crippen molar-refractivity contribution in [1.29, 1.82) is 0 Å². The maximum atomic E-state index is 12.4. The van der Waals surface area contributed by atoms with E-state index in [0.717, 1.165) is 31.1 Å². The lowest BCUT2D eigenvalue weighted by Crippen LogP contribution is -2.48. The van der Waals surface area contributed by atoms with Gasteiger partial charge in [0.15, 0.2) is 0 Å². The summed E-state index contributed by atoms with van der Waals surface area (Å²) in [6, 6.07) is 12.8. The summed E-state index contributed by atoms with van der Waals surface area (Å²) in [6.07, 6.45) is 2.62. The van der Waals surface area contributed by atoms with Gasteiger partial charge in [0.25, 0.3) is 5.91 Å². The first-order valence-corrected chi connectivity index (χ1v) is 9.62. The van der Waals surface area contributed by atoms with E-state index in [4.69, 9.17) is 0 Å². The average molecular weight is 341 g/mol. The number of rotatable bonds is 3. The standard InChI is InChI=1S/C19H23N3OS/c23-19(18-4-3-15-24-18)22-13-11-21(12-14-22)17-7-5-16(6-8-17)20-9-1-2-10-20/h3-8,15H,1-2,9-14H2. The number of benzene rings is 1. The highest BCUT2D eigenvalue weighted by Gasteiger charge is 2.23. The van der Waals surface area contributed by atoms with Crippen LogP contribution >= 0.6 is 11.3 Å². The van der Waals surface area contributed by atoms with Crippen LogP contribution in [0.25, 0.3) is 0 Å². The molecule has 0 atom stereocenters. The number of hydrogen-bond acceptors (Lipinski definition) is 4. The van der Waals surface area contributed by atoms with Crippen LogP contribution in [0.1, 0.15) is 22.5 Å². The summed E-state index contributed by atoms with van der Waals surface area (Å²) in [7, 11) is 0. The highest BCUT2D eigenvalue weighted by Crippen LogP contribution is 2.25. The van der Waals surface area contributed by atoms with Crippen LogP contribution < -0.4 is 9.80 Å². The Bertz CT molecular complexity index is 669. The minimum atomic E-state index is 0.175. The van der Waals surface area contributed by atoms with Crippen molar-refractivity contribution in [3.8, 4) is 0 Å². The normalized spacial score (nSPS) is 18.2. The molecule has 5 heteroatoms. The molecule has 0 radical (unpaired) electrons. The van der Waals surface area contributed by atoms with E-state index >= 15 is 0 Å². The van der Waals surface area contributed by atoms with Gasteiger partial charge in [-0.05, 0) is 48.6 Å². The van der Waals surface area contributed by atoms with Crippen molar-refractivity contribution in [2.45, 2.75) is 12.8 Å². The van der Waals surface area contributed by atoms with Crippen molar-refractivity contribution in [2.24, 2.45) is 0 Å². The zero-order valence-electron chi connectivity index (χ0n) is 13.9. The Morgan fingerprint density at radius 2 is 1.38 bits per heavy atom. The zero-order valence-corrected chi connectivity index (χ0v) is 14.7. The van der Waals surface area contributed by atoms with Gasteiger partial charge in [0.1, 0.15) is 0 Å².